The van der Waals surface area contributed by atoms with E-state index < -0.39 is 9.17 Å². The van der Waals surface area contributed by atoms with E-state index in [-0.39, 0.29) is 160 Å². The van der Waals surface area contributed by atoms with Crippen molar-refractivity contribution in [2.45, 2.75) is 0 Å². The van der Waals surface area contributed by atoms with Gasteiger partial charge in [-0.05, 0) is 0 Å². The maximum Gasteiger partial charge on any atom is 2.00 e. The fraction of sp³-hybridized carbons (Fsp3) is 0. The van der Waals surface area contributed by atoms with Crippen LogP contribution in [0.25, 0.3) is 0 Å². The normalized spacial score (nSPS) is 2.40. The van der Waals surface area contributed by atoms with Crippen LogP contribution in [0.2, 0.25) is 0 Å². The molecule has 0 radical (unpaired) electrons. The van der Waals surface area contributed by atoms with Crippen LogP contribution >= 0.6 is 19.8 Å². The SMILES string of the molecule is O=[Si]([O-])[O-].P.P.[Ca+2].[Ca+2].[H-].[H-].[H-].[H-].[Na+].[Na+]. The maximum absolute atomic E-state index is 8.52. The Hall–Kier alpha value is 5.00. The molecule has 2 atom stereocenters. The number of hydrogen-bond donors (Lipinski definition) is 0. The Balaban J connectivity index is -0.000000001000. The molecule has 48 valence electrons. The third kappa shape index (κ3) is 74.9. The van der Waals surface area contributed by atoms with E-state index in [0.717, 1.165) is 0 Å². The van der Waals surface area contributed by atoms with Crippen LogP contribution in [0.4, 0.5) is 0 Å². The van der Waals surface area contributed by atoms with Gasteiger partial charge in [0.2, 0.25) is 0 Å². The molecule has 0 rings (SSSR count). The monoisotopic (exact) mass is 274 g/mol. The molecular weight excluding hydrogens is 264 g/mol. The van der Waals surface area contributed by atoms with E-state index >= 15 is 0 Å². The molecule has 0 aromatic rings. The van der Waals surface area contributed by atoms with Gasteiger partial charge in [-0.25, -0.2) is 0 Å². The second-order valence-corrected chi connectivity index (χ2v) is 0.750. The summed E-state index contributed by atoms with van der Waals surface area (Å²) >= 11 is 0. The zero-order valence-corrected chi connectivity index (χ0v) is 18.8. The summed E-state index contributed by atoms with van der Waals surface area (Å²) in [7, 11) is -3.63. The molecule has 0 aromatic carbocycles. The van der Waals surface area contributed by atoms with Gasteiger partial charge in [0.25, 0.3) is 0 Å². The molecule has 0 fully saturated rings. The number of hydrogen-bond acceptors (Lipinski definition) is 3. The molecule has 0 saturated heterocycles. The van der Waals surface area contributed by atoms with Gasteiger partial charge in [0, 0.05) is 9.17 Å². The minimum absolute atomic E-state index is 0. The first-order valence-electron chi connectivity index (χ1n) is 0.612. The Morgan fingerprint density at radius 3 is 1.00 bits per heavy atom. The zero-order valence-electron chi connectivity index (χ0n) is 10.6. The van der Waals surface area contributed by atoms with Crippen LogP contribution in [-0.4, -0.2) is 84.6 Å². The van der Waals surface area contributed by atoms with Gasteiger partial charge in [0.1, 0.15) is 0 Å². The van der Waals surface area contributed by atoms with Crippen molar-refractivity contribution in [1.82, 2.24) is 0 Å². The van der Waals surface area contributed by atoms with Gasteiger partial charge < -0.3 is 19.8 Å². The standard InChI is InChI=1S/2Ca.2Na.O3Si.2H3P.4H/c;;;;1-4(2)3;;;;;;/h;;;;;2*1H3;;;;/q2*+2;2*+1;-2;;;4*-1. The Morgan fingerprint density at radius 2 is 1.00 bits per heavy atom. The molecule has 0 N–H and O–H groups in total. The van der Waals surface area contributed by atoms with Crippen molar-refractivity contribution in [3.63, 3.8) is 0 Å². The van der Waals surface area contributed by atoms with Crippen molar-refractivity contribution in [1.29, 1.82) is 0 Å². The Bertz CT molecular complexity index is 57.6. The smallest absolute Gasteiger partial charge is 1.00 e. The summed E-state index contributed by atoms with van der Waals surface area (Å²) in [6, 6.07) is 0. The molecule has 0 amide bonds. The van der Waals surface area contributed by atoms with E-state index in [9.17, 15) is 0 Å². The first kappa shape index (κ1) is 45.9. The third-order valence-electron chi connectivity index (χ3n) is 0. The van der Waals surface area contributed by atoms with E-state index in [0.29, 0.717) is 0 Å². The summed E-state index contributed by atoms with van der Waals surface area (Å²) in [6.07, 6.45) is 0. The molecule has 0 bridgehead atoms. The predicted octanol–water partition coefficient (Wildman–Crippen LogP) is -9.06. The largest absolute Gasteiger partial charge is 2.00 e. The van der Waals surface area contributed by atoms with Crippen molar-refractivity contribution in [2.24, 2.45) is 0 Å². The summed E-state index contributed by atoms with van der Waals surface area (Å²) in [4.78, 5) is 17.0. The zero-order chi connectivity index (χ0) is 3.58. The van der Waals surface area contributed by atoms with Gasteiger partial charge in [-0.2, -0.15) is 19.8 Å². The summed E-state index contributed by atoms with van der Waals surface area (Å²) < 4.78 is 8.52. The van der Waals surface area contributed by atoms with Gasteiger partial charge >= 0.3 is 135 Å². The predicted molar refractivity (Wildman–Crippen MR) is 44.6 cm³/mol. The molecule has 0 aliphatic carbocycles. The quantitative estimate of drug-likeness (QED) is 0.325. The minimum Gasteiger partial charge on any atom is -1.00 e. The van der Waals surface area contributed by atoms with Gasteiger partial charge in [0.15, 0.2) is 0 Å². The van der Waals surface area contributed by atoms with E-state index in [2.05, 4.69) is 0 Å². The fourth-order valence-electron chi connectivity index (χ4n) is 0. The van der Waals surface area contributed by atoms with Crippen molar-refractivity contribution in [3.8, 4) is 0 Å². The molecule has 2 unspecified atom stereocenters. The second-order valence-electron chi connectivity index (χ2n) is 0.250. The summed E-state index contributed by atoms with van der Waals surface area (Å²) in [5.41, 5.74) is 0. The minimum atomic E-state index is -3.63. The van der Waals surface area contributed by atoms with Crippen LogP contribution in [-0.2, 0) is 4.46 Å². The van der Waals surface area contributed by atoms with E-state index in [1.807, 2.05) is 0 Å². The molecule has 0 aliphatic heterocycles. The van der Waals surface area contributed by atoms with Crippen molar-refractivity contribution < 1.29 is 78.9 Å². The third-order valence-corrected chi connectivity index (χ3v) is 0. The molecule has 0 saturated carbocycles. The topological polar surface area (TPSA) is 63.2 Å². The Kier molecular flexibility index (Phi) is 170. The molecule has 0 heterocycles. The van der Waals surface area contributed by atoms with Crippen molar-refractivity contribution in [3.05, 3.63) is 0 Å². The van der Waals surface area contributed by atoms with Crippen LogP contribution in [0.1, 0.15) is 5.71 Å². The summed E-state index contributed by atoms with van der Waals surface area (Å²) in [6.45, 7) is 0. The molecular formula is H10Ca2Na2O3P2Si. The number of rotatable bonds is 0. The van der Waals surface area contributed by atoms with Crippen LogP contribution in [0.3, 0.4) is 0 Å². The Labute approximate surface area is 179 Å². The maximum atomic E-state index is 8.52. The van der Waals surface area contributed by atoms with Crippen molar-refractivity contribution in [2.75, 3.05) is 0 Å². The van der Waals surface area contributed by atoms with E-state index in [1.165, 1.54) is 0 Å². The van der Waals surface area contributed by atoms with E-state index in [4.69, 9.17) is 14.1 Å². The van der Waals surface area contributed by atoms with Crippen LogP contribution in [0.15, 0.2) is 0 Å². The molecule has 0 aliphatic rings. The molecule has 10 heavy (non-hydrogen) atoms. The van der Waals surface area contributed by atoms with Gasteiger partial charge in [-0.1, -0.05) is 0 Å². The summed E-state index contributed by atoms with van der Waals surface area (Å²) in [5, 5.41) is 0. The van der Waals surface area contributed by atoms with Gasteiger partial charge in [-0.15, -0.1) is 0 Å². The average Bonchev–Trinajstić information content (AvgIpc) is 0.811. The molecule has 0 aromatic heterocycles. The first-order valence-corrected chi connectivity index (χ1v) is 1.84. The van der Waals surface area contributed by atoms with Gasteiger partial charge in [0.05, 0.1) is 0 Å². The van der Waals surface area contributed by atoms with Crippen LogP contribution < -0.4 is 68.7 Å². The van der Waals surface area contributed by atoms with Crippen LogP contribution in [0, 0.1) is 0 Å². The van der Waals surface area contributed by atoms with Crippen molar-refractivity contribution >= 4 is 104 Å². The van der Waals surface area contributed by atoms with Crippen LogP contribution in [0.5, 0.6) is 0 Å². The molecule has 0 spiro atoms. The fourth-order valence-corrected chi connectivity index (χ4v) is 0. The Morgan fingerprint density at radius 1 is 1.00 bits per heavy atom. The molecule has 10 heteroatoms. The van der Waals surface area contributed by atoms with E-state index in [1.54, 1.807) is 0 Å². The molecule has 3 nitrogen and oxygen atoms in total. The van der Waals surface area contributed by atoms with Gasteiger partial charge in [-0.3, -0.25) is 0 Å². The first-order chi connectivity index (χ1) is 1.73. The average molecular weight is 274 g/mol. The summed E-state index contributed by atoms with van der Waals surface area (Å²) in [5.74, 6) is 0. The second kappa shape index (κ2) is 37.0.